The molecule has 0 spiro atoms. The Morgan fingerprint density at radius 1 is 0.266 bits per heavy atom. The van der Waals surface area contributed by atoms with Gasteiger partial charge in [0.05, 0.1) is 5.69 Å². The summed E-state index contributed by atoms with van der Waals surface area (Å²) in [6, 6.07) is 86.2. The number of rotatable bonds is 6. The lowest BCUT2D eigenvalue weighted by molar-refractivity contribution is 0.669. The molecule has 0 unspecified atom stereocenters. The lowest BCUT2D eigenvalue weighted by Gasteiger charge is -2.27. The van der Waals surface area contributed by atoms with Crippen LogP contribution in [-0.2, 0) is 0 Å². The maximum absolute atomic E-state index is 6.86. The van der Waals surface area contributed by atoms with E-state index in [-0.39, 0.29) is 0 Å². The number of nitrogens with zero attached hydrogens (tertiary/aromatic N) is 1. The van der Waals surface area contributed by atoms with E-state index in [0.29, 0.717) is 0 Å². The summed E-state index contributed by atoms with van der Waals surface area (Å²) in [5, 5.41) is 14.4. The number of furan rings is 1. The van der Waals surface area contributed by atoms with Crippen molar-refractivity contribution in [2.24, 2.45) is 0 Å². The van der Waals surface area contributed by atoms with Gasteiger partial charge in [0, 0.05) is 22.1 Å². The summed E-state index contributed by atoms with van der Waals surface area (Å²) in [6.07, 6.45) is 0. The molecular weight excluding hydrogens is 775 g/mol. The van der Waals surface area contributed by atoms with Gasteiger partial charge in [-0.15, -0.1) is 0 Å². The van der Waals surface area contributed by atoms with Crippen LogP contribution in [0.3, 0.4) is 0 Å². The van der Waals surface area contributed by atoms with Gasteiger partial charge in [-0.1, -0.05) is 170 Å². The SMILES string of the molecule is c1ccc2cc(-c3ccc4cc(-c5ccc(N(c6ccc7ccc(-c8ccc9ccccc9c8)cc7c6)c6cc7ccccc7c7c6oc6ccccc67)cc5)ccc4c3)ccc2c1. The van der Waals surface area contributed by atoms with Gasteiger partial charge in [-0.05, 0) is 154 Å². The minimum absolute atomic E-state index is 0.867. The van der Waals surface area contributed by atoms with Crippen LogP contribution < -0.4 is 4.90 Å². The lowest BCUT2D eigenvalue weighted by Crippen LogP contribution is -2.10. The summed E-state index contributed by atoms with van der Waals surface area (Å²) < 4.78 is 6.86. The first-order valence-electron chi connectivity index (χ1n) is 22.0. The van der Waals surface area contributed by atoms with Crippen molar-refractivity contribution in [2.45, 2.75) is 0 Å². The van der Waals surface area contributed by atoms with E-state index in [2.05, 4.69) is 241 Å². The number of benzene rings is 12. The Labute approximate surface area is 370 Å². The molecule has 0 aliphatic heterocycles. The Bertz CT molecular complexity index is 3970. The fourth-order valence-electron chi connectivity index (χ4n) is 9.85. The van der Waals surface area contributed by atoms with Crippen LogP contribution in [0, 0.1) is 0 Å². The van der Waals surface area contributed by atoms with Crippen molar-refractivity contribution in [3.63, 3.8) is 0 Å². The molecule has 1 aromatic heterocycles. The van der Waals surface area contributed by atoms with Gasteiger partial charge in [-0.3, -0.25) is 0 Å². The quantitative estimate of drug-likeness (QED) is 0.166. The number of hydrogen-bond donors (Lipinski definition) is 0. The van der Waals surface area contributed by atoms with E-state index in [9.17, 15) is 0 Å². The molecule has 2 heteroatoms. The Morgan fingerprint density at radius 3 is 1.28 bits per heavy atom. The molecule has 0 radical (unpaired) electrons. The highest BCUT2D eigenvalue weighted by Crippen LogP contribution is 2.46. The maximum Gasteiger partial charge on any atom is 0.160 e. The van der Waals surface area contributed by atoms with Crippen LogP contribution in [0.1, 0.15) is 0 Å². The smallest absolute Gasteiger partial charge is 0.160 e. The van der Waals surface area contributed by atoms with Crippen molar-refractivity contribution in [1.29, 1.82) is 0 Å². The average Bonchev–Trinajstić information content (AvgIpc) is 3.76. The molecule has 0 aliphatic carbocycles. The van der Waals surface area contributed by atoms with Crippen LogP contribution in [0.15, 0.2) is 241 Å². The van der Waals surface area contributed by atoms with Gasteiger partial charge in [0.2, 0.25) is 0 Å². The average molecular weight is 814 g/mol. The standard InChI is InChI=1S/C62H39NO/c1-3-11-44-33-47(20-17-40(44)9-1)51-26-25-49-35-46(23-24-50(49)36-51)42-27-30-55(31-28-42)63(59-39-53-13-5-6-14-57(53)61-58-15-7-8-16-60(58)64-62(59)61)56-32-29-43-19-22-52(37-54(43)38-56)48-21-18-41-10-2-4-12-45(41)34-48/h1-39H. The van der Waals surface area contributed by atoms with Gasteiger partial charge in [0.1, 0.15) is 5.58 Å². The summed E-state index contributed by atoms with van der Waals surface area (Å²) in [7, 11) is 0. The first-order chi connectivity index (χ1) is 31.7. The van der Waals surface area contributed by atoms with Crippen molar-refractivity contribution < 1.29 is 4.42 Å². The molecule has 13 rings (SSSR count). The van der Waals surface area contributed by atoms with Crippen LogP contribution in [0.4, 0.5) is 17.1 Å². The molecule has 2 nitrogen and oxygen atoms in total. The van der Waals surface area contributed by atoms with Crippen LogP contribution >= 0.6 is 0 Å². The lowest BCUT2D eigenvalue weighted by atomic mass is 9.96. The van der Waals surface area contributed by atoms with E-state index < -0.39 is 0 Å². The highest BCUT2D eigenvalue weighted by molar-refractivity contribution is 6.23. The third-order valence-corrected chi connectivity index (χ3v) is 13.1. The van der Waals surface area contributed by atoms with E-state index in [1.54, 1.807) is 0 Å². The molecule has 298 valence electrons. The number of fused-ring (bicyclic) bond motifs is 9. The molecule has 0 atom stereocenters. The predicted octanol–water partition coefficient (Wildman–Crippen LogP) is 17.8. The van der Waals surface area contributed by atoms with Gasteiger partial charge < -0.3 is 9.32 Å². The van der Waals surface area contributed by atoms with E-state index >= 15 is 0 Å². The van der Waals surface area contributed by atoms with Gasteiger partial charge >= 0.3 is 0 Å². The highest BCUT2D eigenvalue weighted by atomic mass is 16.3. The molecule has 0 saturated carbocycles. The summed E-state index contributed by atoms with van der Waals surface area (Å²) in [5.74, 6) is 0. The van der Waals surface area contributed by atoms with Crippen molar-refractivity contribution in [1.82, 2.24) is 0 Å². The summed E-state index contributed by atoms with van der Waals surface area (Å²) >= 11 is 0. The predicted molar refractivity (Wildman–Crippen MR) is 272 cm³/mol. The van der Waals surface area contributed by atoms with Gasteiger partial charge in [-0.2, -0.15) is 0 Å². The zero-order chi connectivity index (χ0) is 42.1. The van der Waals surface area contributed by atoms with Crippen molar-refractivity contribution in [3.05, 3.63) is 237 Å². The molecular formula is C62H39NO. The third-order valence-electron chi connectivity index (χ3n) is 13.1. The second-order valence-corrected chi connectivity index (χ2v) is 16.9. The Balaban J connectivity index is 0.933. The second-order valence-electron chi connectivity index (χ2n) is 16.9. The van der Waals surface area contributed by atoms with Gasteiger partial charge in [0.25, 0.3) is 0 Å². The first-order valence-corrected chi connectivity index (χ1v) is 22.0. The van der Waals surface area contributed by atoms with Crippen LogP contribution in [0.2, 0.25) is 0 Å². The van der Waals surface area contributed by atoms with Crippen molar-refractivity contribution >= 4 is 92.9 Å². The number of anilines is 3. The van der Waals surface area contributed by atoms with Crippen LogP contribution in [0.5, 0.6) is 0 Å². The Morgan fingerprint density at radius 2 is 0.672 bits per heavy atom. The number of para-hydroxylation sites is 1. The molecule has 0 N–H and O–H groups in total. The molecule has 0 saturated heterocycles. The molecule has 64 heavy (non-hydrogen) atoms. The summed E-state index contributed by atoms with van der Waals surface area (Å²) in [6.45, 7) is 0. The molecule has 12 aromatic carbocycles. The van der Waals surface area contributed by atoms with E-state index in [4.69, 9.17) is 4.42 Å². The van der Waals surface area contributed by atoms with Gasteiger partial charge in [0.15, 0.2) is 5.58 Å². The van der Waals surface area contributed by atoms with Crippen molar-refractivity contribution in [2.75, 3.05) is 4.90 Å². The first kappa shape index (κ1) is 36.2. The molecule has 0 amide bonds. The largest absolute Gasteiger partial charge is 0.454 e. The van der Waals surface area contributed by atoms with E-state index in [0.717, 1.165) is 50.0 Å². The van der Waals surface area contributed by atoms with E-state index in [1.807, 2.05) is 0 Å². The number of hydrogen-bond acceptors (Lipinski definition) is 2. The molecule has 0 aliphatic rings. The minimum atomic E-state index is 0.867. The fourth-order valence-corrected chi connectivity index (χ4v) is 9.85. The zero-order valence-corrected chi connectivity index (χ0v) is 34.9. The second kappa shape index (κ2) is 14.6. The summed E-state index contributed by atoms with van der Waals surface area (Å²) in [4.78, 5) is 2.37. The topological polar surface area (TPSA) is 16.4 Å². The Hall–Kier alpha value is -8.46. The molecule has 1 heterocycles. The molecule has 0 fully saturated rings. The fraction of sp³-hybridized carbons (Fsp3) is 0. The van der Waals surface area contributed by atoms with Crippen molar-refractivity contribution in [3.8, 4) is 33.4 Å². The minimum Gasteiger partial charge on any atom is -0.454 e. The Kier molecular flexibility index (Phi) is 8.25. The third kappa shape index (κ3) is 6.11. The monoisotopic (exact) mass is 813 g/mol. The zero-order valence-electron chi connectivity index (χ0n) is 34.9. The van der Waals surface area contributed by atoms with Gasteiger partial charge in [-0.25, -0.2) is 0 Å². The maximum atomic E-state index is 6.86. The molecule has 0 bridgehead atoms. The van der Waals surface area contributed by atoms with Crippen LogP contribution in [0.25, 0.3) is 109 Å². The van der Waals surface area contributed by atoms with E-state index in [1.165, 1.54) is 76.3 Å². The molecule has 13 aromatic rings. The normalized spacial score (nSPS) is 11.8. The summed E-state index contributed by atoms with van der Waals surface area (Å²) in [5.41, 5.74) is 12.0. The highest BCUT2D eigenvalue weighted by Gasteiger charge is 2.22. The van der Waals surface area contributed by atoms with Crippen LogP contribution in [-0.4, -0.2) is 0 Å².